The first-order valence-electron chi connectivity index (χ1n) is 8.00. The Kier molecular flexibility index (Phi) is 7.72. The van der Waals surface area contributed by atoms with Crippen LogP contribution in [-0.2, 0) is 10.1 Å². The van der Waals surface area contributed by atoms with Crippen LogP contribution in [0.5, 0.6) is 11.5 Å². The van der Waals surface area contributed by atoms with Crippen LogP contribution < -0.4 is 9.47 Å². The van der Waals surface area contributed by atoms with Gasteiger partial charge in [-0.2, -0.15) is 8.42 Å². The summed E-state index contributed by atoms with van der Waals surface area (Å²) in [5, 5.41) is 0. The van der Waals surface area contributed by atoms with Gasteiger partial charge in [-0.15, -0.1) is 0 Å². The van der Waals surface area contributed by atoms with Gasteiger partial charge in [0.1, 0.15) is 11.5 Å². The standard InChI is InChI=1S/C20H14O7S.Na.H/c21-19(26-16-7-3-1-4-8-16)14-11-15(13-18(12-14)28(23,24)25)20(22)27-17-9-5-2-6-10-17;;/h1-13H,(H,23,24,25);;. The number of hydrogen-bond donors (Lipinski definition) is 1. The first kappa shape index (κ1) is 22.8. The van der Waals surface area contributed by atoms with Crippen molar-refractivity contribution < 1.29 is 32.0 Å². The zero-order chi connectivity index (χ0) is 20.1. The maximum atomic E-state index is 12.4. The van der Waals surface area contributed by atoms with Crippen molar-refractivity contribution in [2.24, 2.45) is 0 Å². The molecule has 0 bridgehead atoms. The molecule has 0 aliphatic carbocycles. The second-order valence-electron chi connectivity index (χ2n) is 5.63. The SMILES string of the molecule is O=C(Oc1ccccc1)c1cc(C(=O)Oc2ccccc2)cc(S(=O)(=O)O)c1.[NaH]. The van der Waals surface area contributed by atoms with Crippen molar-refractivity contribution in [2.45, 2.75) is 4.90 Å². The fourth-order valence-corrected chi connectivity index (χ4v) is 2.84. The van der Waals surface area contributed by atoms with Crippen molar-refractivity contribution >= 4 is 51.6 Å². The summed E-state index contributed by atoms with van der Waals surface area (Å²) < 4.78 is 42.8. The van der Waals surface area contributed by atoms with Crippen molar-refractivity contribution in [1.82, 2.24) is 0 Å². The van der Waals surface area contributed by atoms with E-state index in [0.717, 1.165) is 18.2 Å². The van der Waals surface area contributed by atoms with Gasteiger partial charge >= 0.3 is 41.5 Å². The van der Waals surface area contributed by atoms with Gasteiger partial charge in [0.2, 0.25) is 0 Å². The van der Waals surface area contributed by atoms with Crippen molar-refractivity contribution in [2.75, 3.05) is 0 Å². The van der Waals surface area contributed by atoms with E-state index >= 15 is 0 Å². The van der Waals surface area contributed by atoms with E-state index in [-0.39, 0.29) is 52.2 Å². The molecular formula is C20H15NaO7S. The summed E-state index contributed by atoms with van der Waals surface area (Å²) in [6.07, 6.45) is 0. The molecular weight excluding hydrogens is 407 g/mol. The van der Waals surface area contributed by atoms with E-state index in [4.69, 9.17) is 9.47 Å². The number of carbonyl (C=O) groups excluding carboxylic acids is 2. The van der Waals surface area contributed by atoms with Gasteiger partial charge in [-0.05, 0) is 42.5 Å². The molecule has 29 heavy (non-hydrogen) atoms. The van der Waals surface area contributed by atoms with Gasteiger partial charge < -0.3 is 9.47 Å². The molecule has 0 fully saturated rings. The molecule has 9 heteroatoms. The van der Waals surface area contributed by atoms with Crippen molar-refractivity contribution in [3.63, 3.8) is 0 Å². The molecule has 0 radical (unpaired) electrons. The van der Waals surface area contributed by atoms with Crippen LogP contribution in [0.1, 0.15) is 20.7 Å². The minimum atomic E-state index is -4.68. The number of ether oxygens (including phenoxy) is 2. The molecule has 0 amide bonds. The maximum absolute atomic E-state index is 12.4. The van der Waals surface area contributed by atoms with E-state index in [9.17, 15) is 22.6 Å². The van der Waals surface area contributed by atoms with Crippen LogP contribution in [0.3, 0.4) is 0 Å². The van der Waals surface area contributed by atoms with E-state index in [0.29, 0.717) is 0 Å². The Hall–Kier alpha value is -2.49. The van der Waals surface area contributed by atoms with Gasteiger partial charge in [0, 0.05) is 0 Å². The van der Waals surface area contributed by atoms with Gasteiger partial charge in [0.05, 0.1) is 16.0 Å². The Morgan fingerprint density at radius 3 is 1.41 bits per heavy atom. The van der Waals surface area contributed by atoms with Crippen LogP contribution >= 0.6 is 0 Å². The predicted molar refractivity (Wildman–Crippen MR) is 106 cm³/mol. The van der Waals surface area contributed by atoms with Gasteiger partial charge in [-0.25, -0.2) is 9.59 Å². The quantitative estimate of drug-likeness (QED) is 0.292. The van der Waals surface area contributed by atoms with E-state index in [1.165, 1.54) is 24.3 Å². The fourth-order valence-electron chi connectivity index (χ4n) is 2.29. The molecule has 0 saturated carbocycles. The molecule has 0 aliphatic heterocycles. The number of carbonyl (C=O) groups is 2. The second kappa shape index (κ2) is 9.82. The third-order valence-electron chi connectivity index (χ3n) is 3.58. The van der Waals surface area contributed by atoms with Crippen LogP contribution in [-0.4, -0.2) is 54.5 Å². The fraction of sp³-hybridized carbons (Fsp3) is 0. The minimum absolute atomic E-state index is 0. The van der Waals surface area contributed by atoms with Gasteiger partial charge in [0.25, 0.3) is 10.1 Å². The first-order valence-corrected chi connectivity index (χ1v) is 9.44. The normalized spacial score (nSPS) is 10.5. The molecule has 3 rings (SSSR count). The summed E-state index contributed by atoms with van der Waals surface area (Å²) in [5.74, 6) is -1.33. The van der Waals surface area contributed by atoms with Crippen LogP contribution in [0.4, 0.5) is 0 Å². The summed E-state index contributed by atoms with van der Waals surface area (Å²) in [4.78, 5) is 24.1. The summed E-state index contributed by atoms with van der Waals surface area (Å²) in [6.45, 7) is 0. The topological polar surface area (TPSA) is 107 Å². The molecule has 3 aromatic carbocycles. The molecule has 0 heterocycles. The predicted octanol–water partition coefficient (Wildman–Crippen LogP) is 2.72. The van der Waals surface area contributed by atoms with Crippen LogP contribution in [0.2, 0.25) is 0 Å². The van der Waals surface area contributed by atoms with Crippen LogP contribution in [0.25, 0.3) is 0 Å². The van der Waals surface area contributed by atoms with E-state index < -0.39 is 27.0 Å². The van der Waals surface area contributed by atoms with Gasteiger partial charge in [-0.1, -0.05) is 36.4 Å². The molecule has 144 valence electrons. The molecule has 3 aromatic rings. The monoisotopic (exact) mass is 422 g/mol. The number of hydrogen-bond acceptors (Lipinski definition) is 6. The number of para-hydroxylation sites is 2. The van der Waals surface area contributed by atoms with Crippen LogP contribution in [0.15, 0.2) is 83.8 Å². The zero-order valence-electron chi connectivity index (χ0n) is 14.3. The Labute approximate surface area is 189 Å². The van der Waals surface area contributed by atoms with Crippen LogP contribution in [0, 0.1) is 0 Å². The van der Waals surface area contributed by atoms with Crippen molar-refractivity contribution in [1.29, 1.82) is 0 Å². The van der Waals surface area contributed by atoms with Crippen molar-refractivity contribution in [3.05, 3.63) is 90.0 Å². The van der Waals surface area contributed by atoms with Gasteiger partial charge in [-0.3, -0.25) is 4.55 Å². The Balaban J connectivity index is 0.00000300. The summed E-state index contributed by atoms with van der Waals surface area (Å²) in [5.41, 5.74) is -0.474. The number of rotatable bonds is 5. The molecule has 0 saturated heterocycles. The third kappa shape index (κ3) is 6.25. The Bertz CT molecular complexity index is 1040. The Morgan fingerprint density at radius 1 is 0.690 bits per heavy atom. The average Bonchev–Trinajstić information content (AvgIpc) is 2.68. The van der Waals surface area contributed by atoms with E-state index in [2.05, 4.69) is 0 Å². The first-order chi connectivity index (χ1) is 13.3. The molecule has 7 nitrogen and oxygen atoms in total. The zero-order valence-corrected chi connectivity index (χ0v) is 15.1. The molecule has 0 aromatic heterocycles. The van der Waals surface area contributed by atoms with Crippen molar-refractivity contribution in [3.8, 4) is 11.5 Å². The van der Waals surface area contributed by atoms with E-state index in [1.54, 1.807) is 36.4 Å². The summed E-state index contributed by atoms with van der Waals surface area (Å²) >= 11 is 0. The van der Waals surface area contributed by atoms with E-state index in [1.807, 2.05) is 0 Å². The molecule has 0 atom stereocenters. The third-order valence-corrected chi connectivity index (χ3v) is 4.41. The Morgan fingerprint density at radius 2 is 1.07 bits per heavy atom. The summed E-state index contributed by atoms with van der Waals surface area (Å²) in [6, 6.07) is 19.2. The molecule has 0 spiro atoms. The number of benzene rings is 3. The summed E-state index contributed by atoms with van der Waals surface area (Å²) in [7, 11) is -4.68. The number of esters is 2. The average molecular weight is 422 g/mol. The van der Waals surface area contributed by atoms with Gasteiger partial charge in [0.15, 0.2) is 0 Å². The molecule has 0 aliphatic rings. The second-order valence-corrected chi connectivity index (χ2v) is 7.05. The molecule has 1 N–H and O–H groups in total. The molecule has 0 unspecified atom stereocenters.